The highest BCUT2D eigenvalue weighted by molar-refractivity contribution is 8.00. The van der Waals surface area contributed by atoms with E-state index in [-0.39, 0.29) is 11.5 Å². The van der Waals surface area contributed by atoms with Crippen molar-refractivity contribution in [3.8, 4) is 0 Å². The predicted molar refractivity (Wildman–Crippen MR) is 119 cm³/mol. The highest BCUT2D eigenvalue weighted by Crippen LogP contribution is 2.48. The number of aromatic nitrogens is 2. The minimum absolute atomic E-state index is 0.0382. The van der Waals surface area contributed by atoms with Gasteiger partial charge in [0.25, 0.3) is 5.22 Å². The standard InChI is InChI=1S/C23H17N3O2S2/c27-19(16-8-2-1-3-9-16)15-29-23-25-24-22(28-23)14-26-17-10-4-6-12-20(17)30-21-13-7-5-11-18(21)26/h1-13H,14-15H2. The van der Waals surface area contributed by atoms with Crippen molar-refractivity contribution in [2.45, 2.75) is 21.6 Å². The number of hydrogen-bond acceptors (Lipinski definition) is 7. The Balaban J connectivity index is 1.33. The van der Waals surface area contributed by atoms with Gasteiger partial charge in [-0.05, 0) is 24.3 Å². The molecule has 1 aliphatic heterocycles. The van der Waals surface area contributed by atoms with Gasteiger partial charge in [-0.15, -0.1) is 10.2 Å². The van der Waals surface area contributed by atoms with Crippen LogP contribution in [0, 0.1) is 0 Å². The zero-order chi connectivity index (χ0) is 20.3. The Morgan fingerprint density at radius 2 is 1.50 bits per heavy atom. The molecule has 148 valence electrons. The second kappa shape index (κ2) is 8.38. The topological polar surface area (TPSA) is 59.2 Å². The zero-order valence-electron chi connectivity index (χ0n) is 15.9. The third-order valence-corrected chi connectivity index (χ3v) is 6.64. The minimum atomic E-state index is 0.0382. The third kappa shape index (κ3) is 3.86. The summed E-state index contributed by atoms with van der Waals surface area (Å²) < 4.78 is 5.84. The second-order valence-electron chi connectivity index (χ2n) is 6.66. The van der Waals surface area contributed by atoms with Gasteiger partial charge in [-0.25, -0.2) is 0 Å². The molecular weight excluding hydrogens is 414 g/mol. The van der Waals surface area contributed by atoms with Gasteiger partial charge >= 0.3 is 0 Å². The van der Waals surface area contributed by atoms with Crippen LogP contribution in [0.1, 0.15) is 16.2 Å². The summed E-state index contributed by atoms with van der Waals surface area (Å²) in [4.78, 5) is 16.9. The lowest BCUT2D eigenvalue weighted by Gasteiger charge is -2.31. The molecule has 1 aromatic heterocycles. The maximum Gasteiger partial charge on any atom is 0.277 e. The maximum atomic E-state index is 12.3. The molecule has 7 heteroatoms. The Bertz CT molecular complexity index is 1150. The summed E-state index contributed by atoms with van der Waals surface area (Å²) in [5.74, 6) is 0.815. The molecule has 0 atom stereocenters. The fourth-order valence-electron chi connectivity index (χ4n) is 3.28. The van der Waals surface area contributed by atoms with E-state index in [4.69, 9.17) is 4.42 Å². The first-order valence-electron chi connectivity index (χ1n) is 9.45. The molecule has 5 nitrogen and oxygen atoms in total. The molecule has 0 radical (unpaired) electrons. The number of rotatable bonds is 6. The average molecular weight is 432 g/mol. The van der Waals surface area contributed by atoms with E-state index in [2.05, 4.69) is 39.4 Å². The Hall–Kier alpha value is -3.03. The van der Waals surface area contributed by atoms with E-state index in [1.807, 2.05) is 54.6 Å². The molecule has 1 aliphatic rings. The molecule has 0 N–H and O–H groups in total. The first kappa shape index (κ1) is 19.0. The summed E-state index contributed by atoms with van der Waals surface area (Å²) in [6.07, 6.45) is 0. The summed E-state index contributed by atoms with van der Waals surface area (Å²) in [6, 6.07) is 25.8. The predicted octanol–water partition coefficient (Wildman–Crippen LogP) is 5.85. The Labute approximate surface area is 182 Å². The largest absolute Gasteiger partial charge is 0.414 e. The minimum Gasteiger partial charge on any atom is -0.414 e. The molecule has 0 saturated heterocycles. The van der Waals surface area contributed by atoms with Crippen molar-refractivity contribution in [3.63, 3.8) is 0 Å². The van der Waals surface area contributed by atoms with Crippen LogP contribution >= 0.6 is 23.5 Å². The molecule has 0 bridgehead atoms. The van der Waals surface area contributed by atoms with Gasteiger partial charge in [0.1, 0.15) is 6.54 Å². The average Bonchev–Trinajstić information content (AvgIpc) is 3.25. The highest BCUT2D eigenvalue weighted by Gasteiger charge is 2.24. The molecule has 0 unspecified atom stereocenters. The lowest BCUT2D eigenvalue weighted by molar-refractivity contribution is 0.102. The number of Topliss-reactive ketones (excluding diaryl/α,β-unsaturated/α-hetero) is 1. The molecule has 0 spiro atoms. The second-order valence-corrected chi connectivity index (χ2v) is 8.67. The van der Waals surface area contributed by atoms with Crippen molar-refractivity contribution in [2.75, 3.05) is 10.7 Å². The van der Waals surface area contributed by atoms with E-state index in [9.17, 15) is 4.79 Å². The number of para-hydroxylation sites is 2. The van der Waals surface area contributed by atoms with Crippen LogP contribution in [0.4, 0.5) is 11.4 Å². The lowest BCUT2D eigenvalue weighted by Crippen LogP contribution is -2.20. The van der Waals surface area contributed by atoms with Crippen molar-refractivity contribution < 1.29 is 9.21 Å². The van der Waals surface area contributed by atoms with Crippen LogP contribution in [0.3, 0.4) is 0 Å². The normalized spacial score (nSPS) is 12.3. The van der Waals surface area contributed by atoms with Crippen LogP contribution in [0.25, 0.3) is 0 Å². The van der Waals surface area contributed by atoms with Gasteiger partial charge in [0.05, 0.1) is 17.1 Å². The van der Waals surface area contributed by atoms with Gasteiger partial charge in [-0.1, -0.05) is 78.1 Å². The van der Waals surface area contributed by atoms with Crippen molar-refractivity contribution in [1.82, 2.24) is 10.2 Å². The van der Waals surface area contributed by atoms with Gasteiger partial charge in [0.15, 0.2) is 5.78 Å². The molecule has 5 rings (SSSR count). The number of nitrogens with zero attached hydrogens (tertiary/aromatic N) is 3. The fraction of sp³-hybridized carbons (Fsp3) is 0.0870. The smallest absolute Gasteiger partial charge is 0.277 e. The number of carbonyl (C=O) groups is 1. The van der Waals surface area contributed by atoms with Gasteiger partial charge < -0.3 is 9.32 Å². The lowest BCUT2D eigenvalue weighted by atomic mass is 10.2. The molecule has 0 saturated carbocycles. The number of anilines is 2. The monoisotopic (exact) mass is 431 g/mol. The van der Waals surface area contributed by atoms with Crippen molar-refractivity contribution in [1.29, 1.82) is 0 Å². The van der Waals surface area contributed by atoms with E-state index < -0.39 is 0 Å². The van der Waals surface area contributed by atoms with Gasteiger partial charge in [0, 0.05) is 15.4 Å². The Morgan fingerprint density at radius 1 is 0.867 bits per heavy atom. The summed E-state index contributed by atoms with van der Waals surface area (Å²) in [5.41, 5.74) is 2.92. The van der Waals surface area contributed by atoms with E-state index in [1.165, 1.54) is 21.6 Å². The number of carbonyl (C=O) groups excluding carboxylic acids is 1. The van der Waals surface area contributed by atoms with Crippen molar-refractivity contribution >= 4 is 40.7 Å². The van der Waals surface area contributed by atoms with Gasteiger partial charge in [-0.3, -0.25) is 4.79 Å². The molecule has 3 aromatic carbocycles. The highest BCUT2D eigenvalue weighted by atomic mass is 32.2. The first-order chi connectivity index (χ1) is 14.8. The number of fused-ring (bicyclic) bond motifs is 2. The molecule has 0 aliphatic carbocycles. The van der Waals surface area contributed by atoms with E-state index >= 15 is 0 Å². The molecule has 2 heterocycles. The van der Waals surface area contributed by atoms with Gasteiger partial charge in [0.2, 0.25) is 5.89 Å². The van der Waals surface area contributed by atoms with Crippen LogP contribution in [0.2, 0.25) is 0 Å². The summed E-state index contributed by atoms with van der Waals surface area (Å²) in [7, 11) is 0. The van der Waals surface area contributed by atoms with Crippen molar-refractivity contribution in [2.24, 2.45) is 0 Å². The SMILES string of the molecule is O=C(CSc1nnc(CN2c3ccccc3Sc3ccccc32)o1)c1ccccc1. The van der Waals surface area contributed by atoms with Gasteiger partial charge in [-0.2, -0.15) is 0 Å². The zero-order valence-corrected chi connectivity index (χ0v) is 17.5. The molecule has 0 amide bonds. The van der Waals surface area contributed by atoms with E-state index in [0.717, 1.165) is 11.4 Å². The summed E-state index contributed by atoms with van der Waals surface area (Å²) in [6.45, 7) is 0.467. The third-order valence-electron chi connectivity index (χ3n) is 4.70. The Kier molecular flexibility index (Phi) is 5.29. The number of hydrogen-bond donors (Lipinski definition) is 0. The Morgan fingerprint density at radius 3 is 2.20 bits per heavy atom. The maximum absolute atomic E-state index is 12.3. The van der Waals surface area contributed by atoms with Crippen LogP contribution in [-0.2, 0) is 6.54 Å². The number of thioether (sulfide) groups is 1. The molecular formula is C23H17N3O2S2. The van der Waals surface area contributed by atoms with E-state index in [0.29, 0.717) is 23.2 Å². The molecule has 0 fully saturated rings. The van der Waals surface area contributed by atoms with Crippen LogP contribution in [-0.4, -0.2) is 21.7 Å². The number of ketones is 1. The fourth-order valence-corrected chi connectivity index (χ4v) is 5.05. The van der Waals surface area contributed by atoms with E-state index in [1.54, 1.807) is 11.8 Å². The molecule has 4 aromatic rings. The quantitative estimate of drug-likeness (QED) is 0.280. The van der Waals surface area contributed by atoms with Crippen LogP contribution in [0.15, 0.2) is 98.3 Å². The van der Waals surface area contributed by atoms with Crippen LogP contribution in [0.5, 0.6) is 0 Å². The summed E-state index contributed by atoms with van der Waals surface area (Å²) in [5, 5.41) is 8.74. The number of benzene rings is 3. The first-order valence-corrected chi connectivity index (χ1v) is 11.2. The van der Waals surface area contributed by atoms with Crippen molar-refractivity contribution in [3.05, 3.63) is 90.3 Å². The summed E-state index contributed by atoms with van der Waals surface area (Å²) >= 11 is 3.03. The molecule has 30 heavy (non-hydrogen) atoms. The van der Waals surface area contributed by atoms with Crippen LogP contribution < -0.4 is 4.90 Å².